The van der Waals surface area contributed by atoms with Gasteiger partial charge in [-0.15, -0.1) is 0 Å². The smallest absolute Gasteiger partial charge is 0.224 e. The Morgan fingerprint density at radius 3 is 2.59 bits per heavy atom. The van der Waals surface area contributed by atoms with Crippen molar-refractivity contribution in [2.75, 3.05) is 45.1 Å². The largest absolute Gasteiger partial charge is 0.378 e. The van der Waals surface area contributed by atoms with Gasteiger partial charge in [-0.25, -0.2) is 13.1 Å². The number of nitrogens with one attached hydrogen (secondary N) is 1. The van der Waals surface area contributed by atoms with Crippen molar-refractivity contribution in [3.05, 3.63) is 0 Å². The van der Waals surface area contributed by atoms with E-state index in [1.807, 2.05) is 0 Å². The highest BCUT2D eigenvalue weighted by molar-refractivity contribution is 7.89. The first-order valence-corrected chi connectivity index (χ1v) is 7.23. The summed E-state index contributed by atoms with van der Waals surface area (Å²) >= 11 is 0. The first-order valence-electron chi connectivity index (χ1n) is 5.58. The molecule has 17 heavy (non-hydrogen) atoms. The second kappa shape index (κ2) is 6.90. The molecule has 0 aromatic rings. The van der Waals surface area contributed by atoms with Gasteiger partial charge >= 0.3 is 0 Å². The van der Waals surface area contributed by atoms with Crippen LogP contribution in [-0.2, 0) is 19.6 Å². The molecule has 1 aliphatic rings. The van der Waals surface area contributed by atoms with E-state index in [0.717, 1.165) is 0 Å². The number of carbonyl (C=O) groups is 1. The van der Waals surface area contributed by atoms with Crippen LogP contribution in [-0.4, -0.2) is 64.4 Å². The van der Waals surface area contributed by atoms with Crippen molar-refractivity contribution < 1.29 is 17.9 Å². The number of nitrogens with zero attached hydrogens (tertiary/aromatic N) is 1. The zero-order valence-corrected chi connectivity index (χ0v) is 10.5. The molecular weight excluding hydrogens is 246 g/mol. The summed E-state index contributed by atoms with van der Waals surface area (Å²) in [7, 11) is -3.33. The maximum absolute atomic E-state index is 11.7. The normalized spacial score (nSPS) is 17.1. The number of morpholine rings is 1. The second-order valence-corrected chi connectivity index (χ2v) is 5.67. The van der Waals surface area contributed by atoms with E-state index in [9.17, 15) is 13.2 Å². The van der Waals surface area contributed by atoms with Gasteiger partial charge in [-0.05, 0) is 0 Å². The Morgan fingerprint density at radius 1 is 1.35 bits per heavy atom. The molecule has 0 unspecified atom stereocenters. The zero-order chi connectivity index (χ0) is 12.7. The van der Waals surface area contributed by atoms with Gasteiger partial charge in [-0.2, -0.15) is 0 Å². The average Bonchev–Trinajstić information content (AvgIpc) is 2.29. The lowest BCUT2D eigenvalue weighted by atomic mass is 10.3. The number of hydrogen-bond donors (Lipinski definition) is 2. The Morgan fingerprint density at radius 2 is 2.00 bits per heavy atom. The lowest BCUT2D eigenvalue weighted by Gasteiger charge is -2.26. The molecule has 0 atom stereocenters. The van der Waals surface area contributed by atoms with Gasteiger partial charge in [0.25, 0.3) is 0 Å². The highest BCUT2D eigenvalue weighted by atomic mass is 32.2. The van der Waals surface area contributed by atoms with Crippen LogP contribution in [0.5, 0.6) is 0 Å². The monoisotopic (exact) mass is 265 g/mol. The van der Waals surface area contributed by atoms with Crippen LogP contribution in [0.3, 0.4) is 0 Å². The van der Waals surface area contributed by atoms with Crippen LogP contribution in [0.4, 0.5) is 0 Å². The van der Waals surface area contributed by atoms with E-state index in [1.54, 1.807) is 4.90 Å². The molecule has 1 rings (SSSR count). The number of carbonyl (C=O) groups excluding carboxylic acids is 1. The van der Waals surface area contributed by atoms with Gasteiger partial charge in [0.05, 0.1) is 19.0 Å². The topological polar surface area (TPSA) is 102 Å². The van der Waals surface area contributed by atoms with Crippen LogP contribution in [0.25, 0.3) is 0 Å². The molecule has 0 aliphatic carbocycles. The van der Waals surface area contributed by atoms with Crippen molar-refractivity contribution in [1.29, 1.82) is 0 Å². The van der Waals surface area contributed by atoms with Gasteiger partial charge in [-0.3, -0.25) is 4.79 Å². The van der Waals surface area contributed by atoms with Crippen LogP contribution < -0.4 is 10.5 Å². The number of hydrogen-bond acceptors (Lipinski definition) is 5. The van der Waals surface area contributed by atoms with Crippen molar-refractivity contribution in [3.8, 4) is 0 Å². The summed E-state index contributed by atoms with van der Waals surface area (Å²) in [6, 6.07) is 0. The molecule has 1 heterocycles. The van der Waals surface area contributed by atoms with Crippen LogP contribution in [0, 0.1) is 0 Å². The molecule has 3 N–H and O–H groups in total. The summed E-state index contributed by atoms with van der Waals surface area (Å²) in [5, 5.41) is 0. The molecule has 0 saturated carbocycles. The zero-order valence-electron chi connectivity index (χ0n) is 9.72. The van der Waals surface area contributed by atoms with E-state index in [2.05, 4.69) is 4.72 Å². The van der Waals surface area contributed by atoms with Crippen LogP contribution >= 0.6 is 0 Å². The quantitative estimate of drug-likeness (QED) is 0.585. The summed E-state index contributed by atoms with van der Waals surface area (Å²) < 4.78 is 30.0. The van der Waals surface area contributed by atoms with Crippen LogP contribution in [0.2, 0.25) is 0 Å². The molecule has 1 fully saturated rings. The molecule has 0 spiro atoms. The summed E-state index contributed by atoms with van der Waals surface area (Å²) in [6.07, 6.45) is 0.170. The first-order chi connectivity index (χ1) is 8.05. The molecule has 1 aliphatic heterocycles. The predicted octanol–water partition coefficient (Wildman–Crippen LogP) is -1.89. The number of nitrogens with two attached hydrogens (primary N) is 1. The standard InChI is InChI=1S/C9H19N3O4S/c10-2-8-17(14,15)11-3-1-9(13)12-4-6-16-7-5-12/h11H,1-8,10H2. The fraction of sp³-hybridized carbons (Fsp3) is 0.889. The molecule has 1 amide bonds. The Kier molecular flexibility index (Phi) is 5.83. The van der Waals surface area contributed by atoms with E-state index in [-0.39, 0.29) is 31.2 Å². The fourth-order valence-electron chi connectivity index (χ4n) is 1.51. The Bertz CT molecular complexity index is 338. The molecular formula is C9H19N3O4S. The van der Waals surface area contributed by atoms with Gasteiger partial charge in [0.1, 0.15) is 0 Å². The molecule has 0 aromatic carbocycles. The summed E-state index contributed by atoms with van der Waals surface area (Å²) in [4.78, 5) is 13.3. The number of ether oxygens (including phenoxy) is 1. The van der Waals surface area contributed by atoms with Crippen molar-refractivity contribution in [1.82, 2.24) is 9.62 Å². The SMILES string of the molecule is NCCS(=O)(=O)NCCC(=O)N1CCOCC1. The van der Waals surface area contributed by atoms with E-state index >= 15 is 0 Å². The summed E-state index contributed by atoms with van der Waals surface area (Å²) in [6.45, 7) is 2.45. The number of sulfonamides is 1. The van der Waals surface area contributed by atoms with E-state index in [1.165, 1.54) is 0 Å². The minimum absolute atomic E-state index is 0.0521. The van der Waals surface area contributed by atoms with E-state index in [0.29, 0.717) is 26.3 Å². The second-order valence-electron chi connectivity index (χ2n) is 3.75. The van der Waals surface area contributed by atoms with Crippen molar-refractivity contribution in [2.24, 2.45) is 5.73 Å². The molecule has 0 bridgehead atoms. The van der Waals surface area contributed by atoms with Crippen molar-refractivity contribution in [2.45, 2.75) is 6.42 Å². The summed E-state index contributed by atoms with van der Waals surface area (Å²) in [5.41, 5.74) is 5.15. The highest BCUT2D eigenvalue weighted by Gasteiger charge is 2.17. The third kappa shape index (κ3) is 5.44. The summed E-state index contributed by atoms with van der Waals surface area (Å²) in [5.74, 6) is -0.164. The molecule has 0 aromatic heterocycles. The highest BCUT2D eigenvalue weighted by Crippen LogP contribution is 1.99. The third-order valence-electron chi connectivity index (χ3n) is 2.41. The molecule has 1 saturated heterocycles. The van der Waals surface area contributed by atoms with E-state index < -0.39 is 10.0 Å². The van der Waals surface area contributed by atoms with Gasteiger partial charge in [0.2, 0.25) is 15.9 Å². The lowest BCUT2D eigenvalue weighted by Crippen LogP contribution is -2.42. The fourth-order valence-corrected chi connectivity index (χ4v) is 2.38. The third-order valence-corrected chi connectivity index (χ3v) is 3.83. The molecule has 100 valence electrons. The van der Waals surface area contributed by atoms with Crippen molar-refractivity contribution in [3.63, 3.8) is 0 Å². The van der Waals surface area contributed by atoms with Crippen molar-refractivity contribution >= 4 is 15.9 Å². The minimum Gasteiger partial charge on any atom is -0.378 e. The Labute approximate surface area is 101 Å². The maximum atomic E-state index is 11.7. The van der Waals surface area contributed by atoms with E-state index in [4.69, 9.17) is 10.5 Å². The van der Waals surface area contributed by atoms with Crippen LogP contribution in [0.1, 0.15) is 6.42 Å². The van der Waals surface area contributed by atoms with Gasteiger partial charge in [0.15, 0.2) is 0 Å². The maximum Gasteiger partial charge on any atom is 0.224 e. The number of amides is 1. The van der Waals surface area contributed by atoms with Gasteiger partial charge in [0, 0.05) is 32.6 Å². The molecule has 0 radical (unpaired) electrons. The lowest BCUT2D eigenvalue weighted by molar-refractivity contribution is -0.135. The van der Waals surface area contributed by atoms with Gasteiger partial charge < -0.3 is 15.4 Å². The minimum atomic E-state index is -3.33. The Hall–Kier alpha value is -0.700. The molecule has 8 heteroatoms. The molecule has 7 nitrogen and oxygen atoms in total. The van der Waals surface area contributed by atoms with Crippen LogP contribution in [0.15, 0.2) is 0 Å². The average molecular weight is 265 g/mol. The number of rotatable bonds is 6. The first kappa shape index (κ1) is 14.4. The predicted molar refractivity (Wildman–Crippen MR) is 62.9 cm³/mol. The Balaban J connectivity index is 2.24. The van der Waals surface area contributed by atoms with Gasteiger partial charge in [-0.1, -0.05) is 0 Å².